The number of hydrogen-bond donors (Lipinski definition) is 1. The van der Waals surface area contributed by atoms with Crippen LogP contribution in [0.3, 0.4) is 0 Å². The Morgan fingerprint density at radius 2 is 2.00 bits per heavy atom. The Hall–Kier alpha value is -1.10. The van der Waals surface area contributed by atoms with E-state index in [1.165, 1.54) is 0 Å². The molecule has 0 aromatic rings. The fourth-order valence-corrected chi connectivity index (χ4v) is 2.37. The molecular formula is C11H17N3O2. The number of nitrogens with one attached hydrogen (secondary N) is 1. The van der Waals surface area contributed by atoms with E-state index in [0.717, 1.165) is 39.0 Å². The van der Waals surface area contributed by atoms with Crippen molar-refractivity contribution in [3.05, 3.63) is 0 Å². The second-order valence-electron chi connectivity index (χ2n) is 4.93. The predicted molar refractivity (Wildman–Crippen MR) is 57.7 cm³/mol. The van der Waals surface area contributed by atoms with Crippen LogP contribution in [0, 0.1) is 5.92 Å². The summed E-state index contributed by atoms with van der Waals surface area (Å²) in [6, 6.07) is 0.482. The van der Waals surface area contributed by atoms with Crippen LogP contribution in [0.5, 0.6) is 0 Å². The summed E-state index contributed by atoms with van der Waals surface area (Å²) >= 11 is 0. The molecule has 5 nitrogen and oxygen atoms in total. The number of hydrogen-bond acceptors (Lipinski definition) is 3. The lowest BCUT2D eigenvalue weighted by atomic mass is 10.0. The zero-order valence-electron chi connectivity index (χ0n) is 9.32. The molecule has 0 atom stereocenters. The lowest BCUT2D eigenvalue weighted by Gasteiger charge is -2.38. The van der Waals surface area contributed by atoms with E-state index in [0.29, 0.717) is 12.6 Å². The summed E-state index contributed by atoms with van der Waals surface area (Å²) in [6.45, 7) is 3.30. The molecule has 3 aliphatic rings. The molecule has 0 aromatic carbocycles. The highest BCUT2D eigenvalue weighted by Gasteiger charge is 2.38. The summed E-state index contributed by atoms with van der Waals surface area (Å²) < 4.78 is 0. The molecule has 16 heavy (non-hydrogen) atoms. The first-order valence-electron chi connectivity index (χ1n) is 6.04. The number of piperazine rings is 1. The Labute approximate surface area is 94.8 Å². The van der Waals surface area contributed by atoms with Crippen molar-refractivity contribution in [2.75, 3.05) is 32.7 Å². The molecule has 5 heteroatoms. The number of carbonyl (C=O) groups is 2. The van der Waals surface area contributed by atoms with Gasteiger partial charge in [-0.3, -0.25) is 9.59 Å². The van der Waals surface area contributed by atoms with E-state index in [4.69, 9.17) is 0 Å². The van der Waals surface area contributed by atoms with Crippen LogP contribution in [-0.2, 0) is 9.59 Å². The van der Waals surface area contributed by atoms with E-state index in [2.05, 4.69) is 5.32 Å². The number of amides is 2. The van der Waals surface area contributed by atoms with Gasteiger partial charge in [0, 0.05) is 32.2 Å². The monoisotopic (exact) mass is 223 g/mol. The van der Waals surface area contributed by atoms with Crippen molar-refractivity contribution in [3.8, 4) is 0 Å². The van der Waals surface area contributed by atoms with Crippen molar-refractivity contribution in [2.45, 2.75) is 18.9 Å². The van der Waals surface area contributed by atoms with Gasteiger partial charge in [-0.05, 0) is 12.8 Å². The van der Waals surface area contributed by atoms with Crippen LogP contribution in [0.2, 0.25) is 0 Å². The van der Waals surface area contributed by atoms with Gasteiger partial charge in [0.25, 0.3) is 0 Å². The maximum absolute atomic E-state index is 11.9. The van der Waals surface area contributed by atoms with Crippen LogP contribution in [0.15, 0.2) is 0 Å². The van der Waals surface area contributed by atoms with Crippen LogP contribution < -0.4 is 5.32 Å². The molecule has 1 aliphatic carbocycles. The van der Waals surface area contributed by atoms with Gasteiger partial charge in [0.05, 0.1) is 12.5 Å². The van der Waals surface area contributed by atoms with Crippen molar-refractivity contribution < 1.29 is 9.59 Å². The fourth-order valence-electron chi connectivity index (χ4n) is 2.37. The fraction of sp³-hybridized carbons (Fsp3) is 0.818. The van der Waals surface area contributed by atoms with E-state index in [-0.39, 0.29) is 17.7 Å². The number of nitrogens with zero attached hydrogens (tertiary/aromatic N) is 2. The Morgan fingerprint density at radius 1 is 1.25 bits per heavy atom. The van der Waals surface area contributed by atoms with Crippen LogP contribution in [0.4, 0.5) is 0 Å². The van der Waals surface area contributed by atoms with E-state index >= 15 is 0 Å². The minimum Gasteiger partial charge on any atom is -0.336 e. The molecule has 88 valence electrons. The lowest BCUT2D eigenvalue weighted by Crippen LogP contribution is -2.58. The molecule has 2 heterocycles. The predicted octanol–water partition coefficient (Wildman–Crippen LogP) is -0.961. The third kappa shape index (κ3) is 1.69. The van der Waals surface area contributed by atoms with Crippen LogP contribution >= 0.6 is 0 Å². The van der Waals surface area contributed by atoms with Gasteiger partial charge < -0.3 is 15.1 Å². The Kier molecular flexibility index (Phi) is 2.35. The Bertz CT molecular complexity index is 323. The molecular weight excluding hydrogens is 206 g/mol. The quantitative estimate of drug-likeness (QED) is 0.656. The van der Waals surface area contributed by atoms with Crippen LogP contribution in [-0.4, -0.2) is 60.4 Å². The first-order valence-corrected chi connectivity index (χ1v) is 6.04. The Balaban J connectivity index is 1.58. The topological polar surface area (TPSA) is 52.7 Å². The molecule has 0 radical (unpaired) electrons. The van der Waals surface area contributed by atoms with Gasteiger partial charge in [-0.25, -0.2) is 0 Å². The van der Waals surface area contributed by atoms with Gasteiger partial charge in [0.1, 0.15) is 0 Å². The van der Waals surface area contributed by atoms with E-state index in [1.807, 2.05) is 4.90 Å². The smallest absolute Gasteiger partial charge is 0.242 e. The molecule has 1 N–H and O–H groups in total. The van der Waals surface area contributed by atoms with Gasteiger partial charge in [-0.15, -0.1) is 0 Å². The van der Waals surface area contributed by atoms with Crippen molar-refractivity contribution in [1.82, 2.24) is 15.1 Å². The highest BCUT2D eigenvalue weighted by atomic mass is 16.2. The van der Waals surface area contributed by atoms with Crippen molar-refractivity contribution in [1.29, 1.82) is 0 Å². The molecule has 0 unspecified atom stereocenters. The number of carbonyl (C=O) groups excluding carboxylic acids is 2. The molecule has 0 bridgehead atoms. The van der Waals surface area contributed by atoms with Crippen LogP contribution in [0.1, 0.15) is 12.8 Å². The van der Waals surface area contributed by atoms with Crippen LogP contribution in [0.25, 0.3) is 0 Å². The maximum atomic E-state index is 11.9. The number of rotatable bonds is 2. The molecule has 2 aliphatic heterocycles. The normalized spacial score (nSPS) is 26.9. The zero-order valence-corrected chi connectivity index (χ0v) is 9.32. The van der Waals surface area contributed by atoms with Gasteiger partial charge in [0.2, 0.25) is 11.8 Å². The molecule has 3 fully saturated rings. The first kappa shape index (κ1) is 10.1. The standard InChI is InChI=1S/C11H17N3O2/c15-10-7-13(11(16)8-5-12-6-8)3-4-14(10)9-1-2-9/h8-9,12H,1-7H2. The summed E-state index contributed by atoms with van der Waals surface area (Å²) in [5.74, 6) is 0.400. The second kappa shape index (κ2) is 3.73. The van der Waals surface area contributed by atoms with Gasteiger partial charge in [0.15, 0.2) is 0 Å². The highest BCUT2D eigenvalue weighted by Crippen LogP contribution is 2.28. The average Bonchev–Trinajstić information content (AvgIpc) is 2.98. The zero-order chi connectivity index (χ0) is 11.1. The van der Waals surface area contributed by atoms with E-state index in [9.17, 15) is 9.59 Å². The molecule has 1 saturated carbocycles. The largest absolute Gasteiger partial charge is 0.336 e. The maximum Gasteiger partial charge on any atom is 0.242 e. The summed E-state index contributed by atoms with van der Waals surface area (Å²) in [5.41, 5.74) is 0. The Morgan fingerprint density at radius 3 is 2.50 bits per heavy atom. The van der Waals surface area contributed by atoms with Crippen molar-refractivity contribution >= 4 is 11.8 Å². The van der Waals surface area contributed by atoms with Gasteiger partial charge in [-0.2, -0.15) is 0 Å². The van der Waals surface area contributed by atoms with Gasteiger partial charge in [-0.1, -0.05) is 0 Å². The van der Waals surface area contributed by atoms with Crippen molar-refractivity contribution in [3.63, 3.8) is 0 Å². The molecule has 0 aromatic heterocycles. The second-order valence-corrected chi connectivity index (χ2v) is 4.93. The summed E-state index contributed by atoms with van der Waals surface area (Å²) in [5, 5.41) is 3.09. The van der Waals surface area contributed by atoms with Crippen molar-refractivity contribution in [2.24, 2.45) is 5.92 Å². The summed E-state index contributed by atoms with van der Waals surface area (Å²) in [6.07, 6.45) is 2.29. The van der Waals surface area contributed by atoms with Gasteiger partial charge >= 0.3 is 0 Å². The summed E-state index contributed by atoms with van der Waals surface area (Å²) in [4.78, 5) is 27.4. The molecule has 2 saturated heterocycles. The minimum absolute atomic E-state index is 0.111. The molecule has 0 spiro atoms. The first-order chi connectivity index (χ1) is 7.75. The lowest BCUT2D eigenvalue weighted by molar-refractivity contribution is -0.148. The molecule has 3 rings (SSSR count). The van der Waals surface area contributed by atoms with E-state index < -0.39 is 0 Å². The average molecular weight is 223 g/mol. The third-order valence-electron chi connectivity index (χ3n) is 3.69. The molecule has 2 amide bonds. The third-order valence-corrected chi connectivity index (χ3v) is 3.69. The minimum atomic E-state index is 0.111. The van der Waals surface area contributed by atoms with E-state index in [1.54, 1.807) is 4.90 Å². The summed E-state index contributed by atoms with van der Waals surface area (Å²) in [7, 11) is 0. The highest BCUT2D eigenvalue weighted by molar-refractivity contribution is 5.88. The SMILES string of the molecule is O=C(C1CNC1)N1CCN(C2CC2)C(=O)C1.